The van der Waals surface area contributed by atoms with Crippen LogP contribution in [0.25, 0.3) is 17.1 Å². The van der Waals surface area contributed by atoms with Gasteiger partial charge in [0.05, 0.1) is 12.9 Å². The van der Waals surface area contributed by atoms with Crippen molar-refractivity contribution in [2.24, 2.45) is 0 Å². The molecule has 2 aromatic heterocycles. The number of aromatic nitrogens is 4. The zero-order chi connectivity index (χ0) is 24.6. The summed E-state index contributed by atoms with van der Waals surface area (Å²) < 4.78 is 7.21. The number of amides is 1. The number of thioether (sulfide) groups is 1. The van der Waals surface area contributed by atoms with Crippen LogP contribution in [0.5, 0.6) is 5.75 Å². The fourth-order valence-corrected chi connectivity index (χ4v) is 4.43. The highest BCUT2D eigenvalue weighted by molar-refractivity contribution is 7.99. The lowest BCUT2D eigenvalue weighted by molar-refractivity contribution is -0.113. The average molecular weight is 489 g/mol. The van der Waals surface area contributed by atoms with Gasteiger partial charge in [-0.25, -0.2) is 0 Å². The molecule has 2 heterocycles. The number of rotatable bonds is 10. The van der Waals surface area contributed by atoms with Crippen LogP contribution in [-0.2, 0) is 4.79 Å². The lowest BCUT2D eigenvalue weighted by Crippen LogP contribution is -2.21. The number of pyridine rings is 1. The number of nitrogens with zero attached hydrogens (tertiary/aromatic N) is 5. The fraction of sp³-hybridized carbons (Fsp3) is 0.231. The molecule has 0 fully saturated rings. The van der Waals surface area contributed by atoms with Gasteiger partial charge in [-0.2, -0.15) is 0 Å². The molecule has 4 rings (SSSR count). The van der Waals surface area contributed by atoms with Gasteiger partial charge in [-0.1, -0.05) is 11.8 Å². The molecule has 1 N–H and O–H groups in total. The molecule has 0 unspecified atom stereocenters. The van der Waals surface area contributed by atoms with Gasteiger partial charge in [-0.05, 0) is 74.5 Å². The molecule has 2 aromatic carbocycles. The summed E-state index contributed by atoms with van der Waals surface area (Å²) in [6, 6.07) is 19.3. The van der Waals surface area contributed by atoms with Gasteiger partial charge in [-0.15, -0.1) is 10.2 Å². The van der Waals surface area contributed by atoms with Crippen LogP contribution in [0.3, 0.4) is 0 Å². The third kappa shape index (κ3) is 5.81. The van der Waals surface area contributed by atoms with Crippen LogP contribution in [0.2, 0.25) is 0 Å². The number of methoxy groups -OCH3 is 1. The Labute approximate surface area is 209 Å². The van der Waals surface area contributed by atoms with E-state index in [0.717, 1.165) is 41.5 Å². The van der Waals surface area contributed by atoms with Crippen LogP contribution in [0.4, 0.5) is 11.4 Å². The number of hydrogen-bond donors (Lipinski definition) is 1. The maximum absolute atomic E-state index is 12.7. The van der Waals surface area contributed by atoms with E-state index in [1.165, 1.54) is 11.8 Å². The van der Waals surface area contributed by atoms with Gasteiger partial charge in [0.25, 0.3) is 0 Å². The molecule has 35 heavy (non-hydrogen) atoms. The first kappa shape index (κ1) is 24.3. The lowest BCUT2D eigenvalue weighted by Gasteiger charge is -2.21. The first-order valence-corrected chi connectivity index (χ1v) is 12.4. The number of nitrogens with one attached hydrogen (secondary N) is 1. The van der Waals surface area contributed by atoms with Crippen LogP contribution < -0.4 is 15.0 Å². The Morgan fingerprint density at radius 1 is 1.03 bits per heavy atom. The Morgan fingerprint density at radius 3 is 2.40 bits per heavy atom. The standard InChI is InChI=1S/C26H28N6O2S/c1-4-31(5-2)21-10-8-20(9-11-21)28-24(33)18-35-26-30-29-25(19-7-6-16-27-17-19)32(26)22-12-14-23(34-3)15-13-22/h6-17H,4-5,18H2,1-3H3,(H,28,33). The van der Waals surface area contributed by atoms with Gasteiger partial charge in [0.2, 0.25) is 5.91 Å². The van der Waals surface area contributed by atoms with E-state index in [-0.39, 0.29) is 11.7 Å². The minimum atomic E-state index is -0.113. The van der Waals surface area contributed by atoms with Crippen molar-refractivity contribution in [3.8, 4) is 22.8 Å². The smallest absolute Gasteiger partial charge is 0.234 e. The van der Waals surface area contributed by atoms with Gasteiger partial charge in [0.15, 0.2) is 11.0 Å². The molecule has 1 amide bonds. The summed E-state index contributed by atoms with van der Waals surface area (Å²) in [6.07, 6.45) is 3.46. The molecule has 0 aliphatic heterocycles. The Balaban J connectivity index is 1.51. The summed E-state index contributed by atoms with van der Waals surface area (Å²) in [5.74, 6) is 1.49. The molecule has 8 nitrogen and oxygen atoms in total. The van der Waals surface area contributed by atoms with Crippen molar-refractivity contribution in [3.05, 3.63) is 73.1 Å². The number of benzene rings is 2. The largest absolute Gasteiger partial charge is 0.497 e. The molecular weight excluding hydrogens is 460 g/mol. The van der Waals surface area contributed by atoms with Crippen molar-refractivity contribution in [2.45, 2.75) is 19.0 Å². The first-order valence-electron chi connectivity index (χ1n) is 11.4. The molecule has 0 saturated heterocycles. The molecule has 9 heteroatoms. The highest BCUT2D eigenvalue weighted by Gasteiger charge is 2.18. The predicted octanol–water partition coefficient (Wildman–Crippen LogP) is 4.91. The van der Waals surface area contributed by atoms with E-state index in [0.29, 0.717) is 11.0 Å². The predicted molar refractivity (Wildman–Crippen MR) is 140 cm³/mol. The molecule has 4 aromatic rings. The summed E-state index contributed by atoms with van der Waals surface area (Å²) in [7, 11) is 1.63. The zero-order valence-electron chi connectivity index (χ0n) is 20.0. The summed E-state index contributed by atoms with van der Waals surface area (Å²) >= 11 is 1.33. The molecule has 0 atom stereocenters. The minimum absolute atomic E-state index is 0.113. The van der Waals surface area contributed by atoms with Gasteiger partial charge < -0.3 is 15.0 Å². The van der Waals surface area contributed by atoms with E-state index in [4.69, 9.17) is 4.74 Å². The van der Waals surface area contributed by atoms with Crippen LogP contribution in [0.1, 0.15) is 13.8 Å². The highest BCUT2D eigenvalue weighted by Crippen LogP contribution is 2.28. The van der Waals surface area contributed by atoms with Crippen LogP contribution in [0, 0.1) is 0 Å². The summed E-state index contributed by atoms with van der Waals surface area (Å²) in [5.41, 5.74) is 3.60. The minimum Gasteiger partial charge on any atom is -0.497 e. The van der Waals surface area contributed by atoms with Crippen molar-refractivity contribution in [3.63, 3.8) is 0 Å². The summed E-state index contributed by atoms with van der Waals surface area (Å²) in [6.45, 7) is 6.13. The molecule has 0 aliphatic rings. The molecular formula is C26H28N6O2S. The van der Waals surface area contributed by atoms with Gasteiger partial charge in [0.1, 0.15) is 5.75 Å². The molecule has 0 spiro atoms. The van der Waals surface area contributed by atoms with Crippen molar-refractivity contribution in [1.29, 1.82) is 0 Å². The second-order valence-corrected chi connectivity index (χ2v) is 8.58. The normalized spacial score (nSPS) is 10.7. The topological polar surface area (TPSA) is 85.2 Å². The molecule has 0 radical (unpaired) electrons. The number of carbonyl (C=O) groups excluding carboxylic acids is 1. The Hall–Kier alpha value is -3.85. The lowest BCUT2D eigenvalue weighted by atomic mass is 10.2. The third-order valence-corrected chi connectivity index (χ3v) is 6.42. The maximum Gasteiger partial charge on any atom is 0.234 e. The monoisotopic (exact) mass is 488 g/mol. The maximum atomic E-state index is 12.7. The van der Waals surface area contributed by atoms with Crippen molar-refractivity contribution in [1.82, 2.24) is 19.7 Å². The van der Waals surface area contributed by atoms with Crippen LogP contribution in [0.15, 0.2) is 78.2 Å². The molecule has 0 bridgehead atoms. The first-order chi connectivity index (χ1) is 17.1. The Morgan fingerprint density at radius 2 is 1.77 bits per heavy atom. The average Bonchev–Trinajstić information content (AvgIpc) is 3.34. The third-order valence-electron chi connectivity index (χ3n) is 5.50. The number of ether oxygens (including phenoxy) is 1. The highest BCUT2D eigenvalue weighted by atomic mass is 32.2. The second-order valence-electron chi connectivity index (χ2n) is 7.64. The zero-order valence-corrected chi connectivity index (χ0v) is 20.8. The quantitative estimate of drug-likeness (QED) is 0.317. The SMILES string of the molecule is CCN(CC)c1ccc(NC(=O)CSc2nnc(-c3cccnc3)n2-c2ccc(OC)cc2)cc1. The number of anilines is 2. The fourth-order valence-electron chi connectivity index (χ4n) is 3.68. The van der Waals surface area contributed by atoms with Crippen LogP contribution >= 0.6 is 11.8 Å². The van der Waals surface area contributed by atoms with E-state index in [1.54, 1.807) is 19.5 Å². The van der Waals surface area contributed by atoms with E-state index in [9.17, 15) is 4.79 Å². The van der Waals surface area contributed by atoms with Crippen molar-refractivity contribution < 1.29 is 9.53 Å². The van der Waals surface area contributed by atoms with Crippen LogP contribution in [-0.4, -0.2) is 51.6 Å². The number of carbonyl (C=O) groups is 1. The molecule has 0 saturated carbocycles. The summed E-state index contributed by atoms with van der Waals surface area (Å²) in [5, 5.41) is 12.3. The van der Waals surface area contributed by atoms with E-state index in [1.807, 2.05) is 65.2 Å². The van der Waals surface area contributed by atoms with E-state index >= 15 is 0 Å². The van der Waals surface area contributed by atoms with Crippen molar-refractivity contribution in [2.75, 3.05) is 36.2 Å². The molecule has 180 valence electrons. The Bertz CT molecular complexity index is 1240. The van der Waals surface area contributed by atoms with Gasteiger partial charge in [-0.3, -0.25) is 14.3 Å². The second kappa shape index (κ2) is 11.5. The van der Waals surface area contributed by atoms with E-state index < -0.39 is 0 Å². The molecule has 0 aliphatic carbocycles. The van der Waals surface area contributed by atoms with Gasteiger partial charge in [0, 0.05) is 48.1 Å². The Kier molecular flexibility index (Phi) is 7.99. The van der Waals surface area contributed by atoms with E-state index in [2.05, 4.69) is 39.2 Å². The van der Waals surface area contributed by atoms with Crippen molar-refractivity contribution >= 4 is 29.0 Å². The van der Waals surface area contributed by atoms with Gasteiger partial charge >= 0.3 is 0 Å². The number of hydrogen-bond acceptors (Lipinski definition) is 7. The summed E-state index contributed by atoms with van der Waals surface area (Å²) in [4.78, 5) is 19.2.